The van der Waals surface area contributed by atoms with Crippen LogP contribution in [0.25, 0.3) is 0 Å². The molecule has 56 valence electrons. The number of aromatic nitrogens is 1. The summed E-state index contributed by atoms with van der Waals surface area (Å²) in [4.78, 5) is 4.13. The second kappa shape index (κ2) is 3.65. The number of hydrazine groups is 1. The van der Waals surface area contributed by atoms with Gasteiger partial charge in [0.2, 0.25) is 0 Å². The minimum atomic E-state index is 0.222. The van der Waals surface area contributed by atoms with E-state index in [-0.39, 0.29) is 6.04 Å². The first kappa shape index (κ1) is 7.65. The zero-order valence-corrected chi connectivity index (χ0v) is 6.69. The van der Waals surface area contributed by atoms with E-state index >= 15 is 0 Å². The first-order valence-corrected chi connectivity index (χ1v) is 4.12. The fraction of sp³-hybridized carbons (Fsp3) is 0.500. The average Bonchev–Trinajstić information content (AvgIpc) is 2.43. The number of nitrogens with zero attached hydrogens (tertiary/aromatic N) is 1. The zero-order valence-electron chi connectivity index (χ0n) is 5.87. The molecule has 0 aliphatic heterocycles. The molecule has 0 aromatic carbocycles. The molecule has 1 aromatic rings. The molecule has 1 atom stereocenters. The van der Waals surface area contributed by atoms with Crippen molar-refractivity contribution in [2.24, 2.45) is 5.84 Å². The van der Waals surface area contributed by atoms with Gasteiger partial charge in [-0.25, -0.2) is 4.98 Å². The highest BCUT2D eigenvalue weighted by molar-refractivity contribution is 7.09. The van der Waals surface area contributed by atoms with Gasteiger partial charge in [-0.3, -0.25) is 11.3 Å². The Morgan fingerprint density at radius 3 is 3.10 bits per heavy atom. The Kier molecular flexibility index (Phi) is 2.80. The van der Waals surface area contributed by atoms with Crippen molar-refractivity contribution < 1.29 is 0 Å². The lowest BCUT2D eigenvalue weighted by atomic mass is 10.2. The maximum Gasteiger partial charge on any atom is 0.111 e. The van der Waals surface area contributed by atoms with E-state index in [0.29, 0.717) is 0 Å². The molecule has 0 fully saturated rings. The van der Waals surface area contributed by atoms with Crippen molar-refractivity contribution in [1.82, 2.24) is 10.4 Å². The molecule has 0 aliphatic carbocycles. The van der Waals surface area contributed by atoms with Crippen molar-refractivity contribution in [2.75, 3.05) is 0 Å². The fourth-order valence-corrected chi connectivity index (χ4v) is 1.55. The van der Waals surface area contributed by atoms with Gasteiger partial charge in [0, 0.05) is 11.6 Å². The van der Waals surface area contributed by atoms with Crippen molar-refractivity contribution in [3.05, 3.63) is 16.6 Å². The largest absolute Gasteiger partial charge is 0.271 e. The van der Waals surface area contributed by atoms with E-state index in [2.05, 4.69) is 17.3 Å². The third-order valence-electron chi connectivity index (χ3n) is 1.36. The van der Waals surface area contributed by atoms with Gasteiger partial charge in [0.1, 0.15) is 5.01 Å². The summed E-state index contributed by atoms with van der Waals surface area (Å²) in [7, 11) is 0. The summed E-state index contributed by atoms with van der Waals surface area (Å²) >= 11 is 1.63. The molecule has 3 N–H and O–H groups in total. The van der Waals surface area contributed by atoms with Crippen LogP contribution in [0.3, 0.4) is 0 Å². The number of nitrogens with one attached hydrogen (secondary N) is 1. The summed E-state index contributed by atoms with van der Waals surface area (Å²) in [6, 6.07) is 0.222. The van der Waals surface area contributed by atoms with Gasteiger partial charge in [-0.1, -0.05) is 6.92 Å². The van der Waals surface area contributed by atoms with Gasteiger partial charge in [0.25, 0.3) is 0 Å². The molecule has 0 saturated carbocycles. The van der Waals surface area contributed by atoms with E-state index < -0.39 is 0 Å². The zero-order chi connectivity index (χ0) is 7.40. The third-order valence-corrected chi connectivity index (χ3v) is 2.25. The number of nitrogens with two attached hydrogens (primary N) is 1. The maximum atomic E-state index is 5.29. The van der Waals surface area contributed by atoms with Crippen molar-refractivity contribution >= 4 is 11.3 Å². The highest BCUT2D eigenvalue weighted by atomic mass is 32.1. The summed E-state index contributed by atoms with van der Waals surface area (Å²) < 4.78 is 0. The maximum absolute atomic E-state index is 5.29. The summed E-state index contributed by atoms with van der Waals surface area (Å²) in [6.07, 6.45) is 2.77. The standard InChI is InChI=1S/C6H11N3S/c1-2-5(9-7)6-8-3-4-10-6/h3-5,9H,2,7H2,1H3/t5-/m0/s1. The van der Waals surface area contributed by atoms with Crippen LogP contribution in [-0.4, -0.2) is 4.98 Å². The second-order valence-electron chi connectivity index (χ2n) is 2.00. The van der Waals surface area contributed by atoms with Crippen LogP contribution < -0.4 is 11.3 Å². The summed E-state index contributed by atoms with van der Waals surface area (Å²) in [5, 5.41) is 3.01. The van der Waals surface area contributed by atoms with E-state index in [1.165, 1.54) is 0 Å². The lowest BCUT2D eigenvalue weighted by Gasteiger charge is -2.08. The van der Waals surface area contributed by atoms with E-state index in [1.807, 2.05) is 5.38 Å². The van der Waals surface area contributed by atoms with Gasteiger partial charge in [-0.15, -0.1) is 11.3 Å². The average molecular weight is 157 g/mol. The Bertz CT molecular complexity index is 169. The fourth-order valence-electron chi connectivity index (χ4n) is 0.770. The predicted octanol–water partition coefficient (Wildman–Crippen LogP) is 1.06. The van der Waals surface area contributed by atoms with E-state index in [4.69, 9.17) is 5.84 Å². The van der Waals surface area contributed by atoms with Crippen LogP contribution in [0.2, 0.25) is 0 Å². The first-order valence-electron chi connectivity index (χ1n) is 3.24. The lowest BCUT2D eigenvalue weighted by molar-refractivity contribution is 0.536. The van der Waals surface area contributed by atoms with Crippen LogP contribution >= 0.6 is 11.3 Å². The van der Waals surface area contributed by atoms with Gasteiger partial charge in [0.15, 0.2) is 0 Å². The highest BCUT2D eigenvalue weighted by Gasteiger charge is 2.07. The molecule has 10 heavy (non-hydrogen) atoms. The Morgan fingerprint density at radius 1 is 1.90 bits per heavy atom. The molecule has 1 heterocycles. The lowest BCUT2D eigenvalue weighted by Crippen LogP contribution is -2.27. The minimum Gasteiger partial charge on any atom is -0.271 e. The predicted molar refractivity (Wildman–Crippen MR) is 42.5 cm³/mol. The monoisotopic (exact) mass is 157 g/mol. The molecular weight excluding hydrogens is 146 g/mol. The van der Waals surface area contributed by atoms with Gasteiger partial charge in [0.05, 0.1) is 6.04 Å². The molecule has 0 radical (unpaired) electrons. The number of thiazole rings is 1. The second-order valence-corrected chi connectivity index (χ2v) is 2.92. The molecule has 1 rings (SSSR count). The Balaban J connectivity index is 2.64. The van der Waals surface area contributed by atoms with Crippen LogP contribution in [0, 0.1) is 0 Å². The van der Waals surface area contributed by atoms with Crippen molar-refractivity contribution in [3.63, 3.8) is 0 Å². The first-order chi connectivity index (χ1) is 4.88. The van der Waals surface area contributed by atoms with Crippen LogP contribution in [0.4, 0.5) is 0 Å². The molecule has 0 saturated heterocycles. The number of hydrogen-bond acceptors (Lipinski definition) is 4. The minimum absolute atomic E-state index is 0.222. The quantitative estimate of drug-likeness (QED) is 0.509. The van der Waals surface area contributed by atoms with Crippen molar-refractivity contribution in [3.8, 4) is 0 Å². The molecule has 0 aliphatic rings. The van der Waals surface area contributed by atoms with Crippen molar-refractivity contribution in [1.29, 1.82) is 0 Å². The molecular formula is C6H11N3S. The Morgan fingerprint density at radius 2 is 2.70 bits per heavy atom. The van der Waals surface area contributed by atoms with Gasteiger partial charge >= 0.3 is 0 Å². The third kappa shape index (κ3) is 1.53. The van der Waals surface area contributed by atoms with Crippen LogP contribution in [-0.2, 0) is 0 Å². The normalized spacial score (nSPS) is 13.4. The van der Waals surface area contributed by atoms with E-state index in [1.54, 1.807) is 17.5 Å². The topological polar surface area (TPSA) is 50.9 Å². The SMILES string of the molecule is CC[C@H](NN)c1nccs1. The van der Waals surface area contributed by atoms with Gasteiger partial charge in [-0.2, -0.15) is 0 Å². The molecule has 0 bridgehead atoms. The summed E-state index contributed by atoms with van der Waals surface area (Å²) in [5.41, 5.74) is 2.70. The van der Waals surface area contributed by atoms with E-state index in [9.17, 15) is 0 Å². The Hall–Kier alpha value is -0.450. The molecule has 0 amide bonds. The van der Waals surface area contributed by atoms with Crippen LogP contribution in [0.1, 0.15) is 24.4 Å². The van der Waals surface area contributed by atoms with Crippen LogP contribution in [0.15, 0.2) is 11.6 Å². The Labute approximate surface area is 64.2 Å². The number of hydrogen-bond donors (Lipinski definition) is 2. The summed E-state index contributed by atoms with van der Waals surface area (Å²) in [5.74, 6) is 5.29. The molecule has 4 heteroatoms. The molecule has 1 aromatic heterocycles. The summed E-state index contributed by atoms with van der Waals surface area (Å²) in [6.45, 7) is 2.08. The van der Waals surface area contributed by atoms with E-state index in [0.717, 1.165) is 11.4 Å². The number of rotatable bonds is 3. The molecule has 3 nitrogen and oxygen atoms in total. The van der Waals surface area contributed by atoms with Crippen LogP contribution in [0.5, 0.6) is 0 Å². The van der Waals surface area contributed by atoms with Crippen molar-refractivity contribution in [2.45, 2.75) is 19.4 Å². The van der Waals surface area contributed by atoms with Gasteiger partial charge < -0.3 is 0 Å². The van der Waals surface area contributed by atoms with Gasteiger partial charge in [-0.05, 0) is 6.42 Å². The smallest absolute Gasteiger partial charge is 0.111 e. The molecule has 0 unspecified atom stereocenters. The highest BCUT2D eigenvalue weighted by Crippen LogP contribution is 2.16. The molecule has 0 spiro atoms.